The van der Waals surface area contributed by atoms with Crippen molar-refractivity contribution >= 4 is 55.7 Å². The zero-order chi connectivity index (χ0) is 38.4. The van der Waals surface area contributed by atoms with Crippen LogP contribution in [0.15, 0.2) is 170 Å². The summed E-state index contributed by atoms with van der Waals surface area (Å²) in [6, 6.07) is 64.1. The molecule has 0 bridgehead atoms. The average Bonchev–Trinajstić information content (AvgIpc) is 3.30. The Morgan fingerprint density at radius 3 is 0.983 bits per heavy atom. The zero-order valence-corrected chi connectivity index (χ0v) is 33.3. The van der Waals surface area contributed by atoms with E-state index in [0.717, 1.165) is 0 Å². The number of para-hydroxylation sites is 2. The average molecular weight is 751 g/mol. The number of rotatable bonds is 8. The fourth-order valence-corrected chi connectivity index (χ4v) is 10.4. The van der Waals surface area contributed by atoms with E-state index in [0.29, 0.717) is 11.8 Å². The van der Waals surface area contributed by atoms with E-state index in [4.69, 9.17) is 0 Å². The Kier molecular flexibility index (Phi) is 9.07. The van der Waals surface area contributed by atoms with Crippen molar-refractivity contribution in [1.29, 1.82) is 0 Å². The number of nitrogens with zero attached hydrogens (tertiary/aromatic N) is 2. The summed E-state index contributed by atoms with van der Waals surface area (Å²) in [7, 11) is 0. The summed E-state index contributed by atoms with van der Waals surface area (Å²) in [5, 5.41) is 5.08. The van der Waals surface area contributed by atoms with Gasteiger partial charge in [-0.1, -0.05) is 111 Å². The molecule has 2 heteroatoms. The van der Waals surface area contributed by atoms with Gasteiger partial charge in [-0.15, -0.1) is 0 Å². The molecule has 0 spiro atoms. The SMILES string of the molecule is c1ccc(N(c2ccc(C3CCCCC3)cc2)c2ccc3cc4c(cc3c2)-c2cc3ccc(N(c5ccccc5)c5ccc(C6CCCCC6)cc5)cc3cc2-4)cc1. The quantitative estimate of drug-likeness (QED) is 0.153. The molecule has 284 valence electrons. The Morgan fingerprint density at radius 2 is 0.603 bits per heavy atom. The minimum atomic E-state index is 0.700. The summed E-state index contributed by atoms with van der Waals surface area (Å²) in [5.41, 5.74) is 15.5. The normalized spacial score (nSPS) is 15.4. The van der Waals surface area contributed by atoms with E-state index in [1.54, 1.807) is 0 Å². The molecule has 2 fully saturated rings. The number of benzene rings is 8. The maximum Gasteiger partial charge on any atom is 0.0468 e. The maximum atomic E-state index is 2.42. The van der Waals surface area contributed by atoms with Gasteiger partial charge in [0.25, 0.3) is 0 Å². The van der Waals surface area contributed by atoms with Crippen LogP contribution in [0.3, 0.4) is 0 Å². The summed E-state index contributed by atoms with van der Waals surface area (Å²) in [6.45, 7) is 0. The van der Waals surface area contributed by atoms with Gasteiger partial charge in [0.1, 0.15) is 0 Å². The van der Waals surface area contributed by atoms with Gasteiger partial charge >= 0.3 is 0 Å². The van der Waals surface area contributed by atoms with Crippen molar-refractivity contribution in [3.05, 3.63) is 181 Å². The van der Waals surface area contributed by atoms with Crippen LogP contribution in [0, 0.1) is 0 Å². The van der Waals surface area contributed by atoms with Crippen LogP contribution in [0.1, 0.15) is 87.2 Å². The lowest BCUT2D eigenvalue weighted by molar-refractivity contribution is 0.443. The van der Waals surface area contributed by atoms with E-state index >= 15 is 0 Å². The molecule has 0 saturated heterocycles. The van der Waals surface area contributed by atoms with Crippen LogP contribution in [0.4, 0.5) is 34.1 Å². The molecular formula is C56H50N2. The first kappa shape index (κ1) is 35.1. The fourth-order valence-electron chi connectivity index (χ4n) is 10.4. The summed E-state index contributed by atoms with van der Waals surface area (Å²) < 4.78 is 0. The van der Waals surface area contributed by atoms with Gasteiger partial charge in [-0.05, 0) is 190 Å². The summed E-state index contributed by atoms with van der Waals surface area (Å²) in [4.78, 5) is 4.82. The lowest BCUT2D eigenvalue weighted by Crippen LogP contribution is -2.11. The van der Waals surface area contributed by atoms with Crippen molar-refractivity contribution < 1.29 is 0 Å². The highest BCUT2D eigenvalue weighted by molar-refractivity contribution is 6.12. The Bertz CT molecular complexity index is 2510. The highest BCUT2D eigenvalue weighted by atomic mass is 15.1. The molecule has 8 aromatic rings. The summed E-state index contributed by atoms with van der Waals surface area (Å²) in [5.74, 6) is 1.40. The van der Waals surface area contributed by atoms with Gasteiger partial charge in [-0.25, -0.2) is 0 Å². The Morgan fingerprint density at radius 1 is 0.276 bits per heavy atom. The topological polar surface area (TPSA) is 6.48 Å². The van der Waals surface area contributed by atoms with Crippen LogP contribution in [-0.4, -0.2) is 0 Å². The molecule has 11 rings (SSSR count). The third-order valence-corrected chi connectivity index (χ3v) is 13.5. The van der Waals surface area contributed by atoms with E-state index in [2.05, 4.69) is 180 Å². The van der Waals surface area contributed by atoms with E-state index < -0.39 is 0 Å². The summed E-state index contributed by atoms with van der Waals surface area (Å²) >= 11 is 0. The van der Waals surface area contributed by atoms with Crippen molar-refractivity contribution in [2.45, 2.75) is 76.0 Å². The Balaban J connectivity index is 0.921. The summed E-state index contributed by atoms with van der Waals surface area (Å²) in [6.07, 6.45) is 13.5. The van der Waals surface area contributed by atoms with Crippen molar-refractivity contribution in [2.75, 3.05) is 9.80 Å². The van der Waals surface area contributed by atoms with Gasteiger partial charge in [0.2, 0.25) is 0 Å². The van der Waals surface area contributed by atoms with Crippen LogP contribution < -0.4 is 9.80 Å². The lowest BCUT2D eigenvalue weighted by atomic mass is 9.78. The third-order valence-electron chi connectivity index (χ3n) is 13.5. The van der Waals surface area contributed by atoms with Gasteiger partial charge < -0.3 is 9.80 Å². The van der Waals surface area contributed by atoms with Crippen LogP contribution in [-0.2, 0) is 0 Å². The number of fused-ring (bicyclic) bond motifs is 6. The molecule has 8 aromatic carbocycles. The van der Waals surface area contributed by atoms with Gasteiger partial charge in [-0.3, -0.25) is 0 Å². The minimum Gasteiger partial charge on any atom is -0.310 e. The van der Waals surface area contributed by atoms with E-state index in [-0.39, 0.29) is 0 Å². The molecule has 2 nitrogen and oxygen atoms in total. The molecule has 3 aliphatic rings. The first-order chi connectivity index (χ1) is 28.7. The molecule has 0 unspecified atom stereocenters. The predicted octanol–water partition coefficient (Wildman–Crippen LogP) is 16.7. The van der Waals surface area contributed by atoms with Gasteiger partial charge in [-0.2, -0.15) is 0 Å². The van der Waals surface area contributed by atoms with Crippen molar-refractivity contribution in [3.63, 3.8) is 0 Å². The van der Waals surface area contributed by atoms with E-state index in [9.17, 15) is 0 Å². The molecule has 0 N–H and O–H groups in total. The van der Waals surface area contributed by atoms with Crippen molar-refractivity contribution in [3.8, 4) is 22.3 Å². The minimum absolute atomic E-state index is 0.700. The molecule has 0 radical (unpaired) electrons. The molecule has 58 heavy (non-hydrogen) atoms. The molecule has 0 heterocycles. The second-order valence-corrected chi connectivity index (χ2v) is 17.1. The monoisotopic (exact) mass is 750 g/mol. The number of anilines is 6. The molecule has 2 saturated carbocycles. The second-order valence-electron chi connectivity index (χ2n) is 17.1. The zero-order valence-electron chi connectivity index (χ0n) is 33.3. The van der Waals surface area contributed by atoms with Gasteiger partial charge in [0.05, 0.1) is 0 Å². The Labute approximate surface area is 343 Å². The highest BCUT2D eigenvalue weighted by Gasteiger charge is 2.25. The highest BCUT2D eigenvalue weighted by Crippen LogP contribution is 2.51. The second kappa shape index (κ2) is 15.0. The third kappa shape index (κ3) is 6.45. The van der Waals surface area contributed by atoms with Crippen LogP contribution in [0.25, 0.3) is 43.8 Å². The maximum absolute atomic E-state index is 2.42. The largest absolute Gasteiger partial charge is 0.310 e. The molecule has 0 amide bonds. The predicted molar refractivity (Wildman–Crippen MR) is 247 cm³/mol. The first-order valence-electron chi connectivity index (χ1n) is 21.8. The Hall–Kier alpha value is -6.12. The fraction of sp³-hybridized carbons (Fsp3) is 0.214. The molecule has 0 atom stereocenters. The number of hydrogen-bond acceptors (Lipinski definition) is 2. The standard InChI is InChI=1S/C56H50N2/c1-5-13-39(14-6-1)41-21-27-49(28-22-41)57(47-17-9-3-10-18-47)51-31-25-43-35-53-55(37-45(43)33-51)54-36-44-26-32-52(34-46(44)38-56(53)54)58(48-19-11-4-12-20-48)50-29-23-42(24-30-50)40-15-7-2-8-16-40/h3-4,9-12,17-40H,1-2,5-8,13-16H2. The van der Waals surface area contributed by atoms with E-state index in [1.165, 1.54) is 153 Å². The van der Waals surface area contributed by atoms with Gasteiger partial charge in [0.15, 0.2) is 0 Å². The van der Waals surface area contributed by atoms with Crippen LogP contribution in [0.2, 0.25) is 0 Å². The first-order valence-corrected chi connectivity index (χ1v) is 21.8. The van der Waals surface area contributed by atoms with Crippen LogP contribution >= 0.6 is 0 Å². The molecular weight excluding hydrogens is 701 g/mol. The van der Waals surface area contributed by atoms with Crippen LogP contribution in [0.5, 0.6) is 0 Å². The molecule has 0 aliphatic heterocycles. The van der Waals surface area contributed by atoms with Crippen molar-refractivity contribution in [2.24, 2.45) is 0 Å². The lowest BCUT2D eigenvalue weighted by Gasteiger charge is -2.29. The molecule has 3 aliphatic carbocycles. The van der Waals surface area contributed by atoms with E-state index in [1.807, 2.05) is 0 Å². The smallest absolute Gasteiger partial charge is 0.0468 e. The number of hydrogen-bond donors (Lipinski definition) is 0. The van der Waals surface area contributed by atoms with Gasteiger partial charge in [0, 0.05) is 34.1 Å². The van der Waals surface area contributed by atoms with Crippen molar-refractivity contribution in [1.82, 2.24) is 0 Å². The molecule has 0 aromatic heterocycles.